The number of aromatic amines is 1. The molecule has 0 unspecified atom stereocenters. The maximum absolute atomic E-state index is 11.8. The van der Waals surface area contributed by atoms with E-state index in [9.17, 15) is 4.79 Å². The van der Waals surface area contributed by atoms with Gasteiger partial charge < -0.3 is 14.6 Å². The van der Waals surface area contributed by atoms with E-state index in [1.54, 1.807) is 6.92 Å². The van der Waals surface area contributed by atoms with Crippen molar-refractivity contribution < 1.29 is 14.4 Å². The van der Waals surface area contributed by atoms with Crippen molar-refractivity contribution in [2.75, 3.05) is 13.7 Å². The van der Waals surface area contributed by atoms with Crippen LogP contribution >= 0.6 is 15.9 Å². The highest BCUT2D eigenvalue weighted by atomic mass is 79.9. The lowest BCUT2D eigenvalue weighted by atomic mass is 10.1. The summed E-state index contributed by atoms with van der Waals surface area (Å²) in [6.07, 6.45) is 2.21. The van der Waals surface area contributed by atoms with Crippen LogP contribution in [0.5, 0.6) is 0 Å². The minimum absolute atomic E-state index is 0.246. The van der Waals surface area contributed by atoms with Crippen LogP contribution in [0.3, 0.4) is 0 Å². The van der Waals surface area contributed by atoms with Crippen molar-refractivity contribution in [1.82, 2.24) is 4.98 Å². The standard InChI is InChI=1S/C14H15BrN2O3/c1-3-20-14(18)13(17-19-2)6-9-8-16-12-5-4-10(15)7-11(9)12/h4-5,7-8,16H,3,6H2,1-2H3/b17-13+. The minimum atomic E-state index is -0.460. The van der Waals surface area contributed by atoms with Gasteiger partial charge in [-0.05, 0) is 30.7 Å². The van der Waals surface area contributed by atoms with Gasteiger partial charge in [0.15, 0.2) is 5.71 Å². The molecule has 1 heterocycles. The highest BCUT2D eigenvalue weighted by Gasteiger charge is 2.16. The lowest BCUT2D eigenvalue weighted by Gasteiger charge is -2.04. The third-order valence-electron chi connectivity index (χ3n) is 2.80. The topological polar surface area (TPSA) is 63.7 Å². The van der Waals surface area contributed by atoms with Crippen LogP contribution in [-0.2, 0) is 20.8 Å². The number of ether oxygens (including phenoxy) is 1. The zero-order chi connectivity index (χ0) is 14.5. The number of benzene rings is 1. The van der Waals surface area contributed by atoms with Gasteiger partial charge in [-0.25, -0.2) is 4.79 Å². The molecule has 0 bridgehead atoms. The molecule has 2 rings (SSSR count). The number of hydrogen-bond donors (Lipinski definition) is 1. The molecule has 0 spiro atoms. The number of nitrogens with zero attached hydrogens (tertiary/aromatic N) is 1. The van der Waals surface area contributed by atoms with Crippen molar-refractivity contribution >= 4 is 38.5 Å². The number of aromatic nitrogens is 1. The van der Waals surface area contributed by atoms with Crippen molar-refractivity contribution in [3.05, 3.63) is 34.4 Å². The predicted octanol–water partition coefficient (Wildman–Crippen LogP) is 3.04. The average molecular weight is 339 g/mol. The van der Waals surface area contributed by atoms with Crippen molar-refractivity contribution in [1.29, 1.82) is 0 Å². The Morgan fingerprint density at radius 3 is 2.95 bits per heavy atom. The van der Waals surface area contributed by atoms with Crippen LogP contribution < -0.4 is 0 Å². The first-order valence-electron chi connectivity index (χ1n) is 6.18. The van der Waals surface area contributed by atoms with Gasteiger partial charge in [-0.3, -0.25) is 0 Å². The minimum Gasteiger partial charge on any atom is -0.461 e. The highest BCUT2D eigenvalue weighted by Crippen LogP contribution is 2.23. The number of halogens is 1. The lowest BCUT2D eigenvalue weighted by Crippen LogP contribution is -2.20. The fraction of sp³-hybridized carbons (Fsp3) is 0.286. The summed E-state index contributed by atoms with van der Waals surface area (Å²) in [5, 5.41) is 4.80. The van der Waals surface area contributed by atoms with E-state index in [0.717, 1.165) is 20.9 Å². The lowest BCUT2D eigenvalue weighted by molar-refractivity contribution is -0.135. The van der Waals surface area contributed by atoms with Gasteiger partial charge in [0.1, 0.15) is 7.11 Å². The summed E-state index contributed by atoms with van der Waals surface area (Å²) in [7, 11) is 1.41. The van der Waals surface area contributed by atoms with Gasteiger partial charge in [-0.1, -0.05) is 21.1 Å². The summed E-state index contributed by atoms with van der Waals surface area (Å²) in [6.45, 7) is 2.06. The summed E-state index contributed by atoms with van der Waals surface area (Å²) >= 11 is 3.44. The van der Waals surface area contributed by atoms with Gasteiger partial charge in [0.25, 0.3) is 0 Å². The molecular formula is C14H15BrN2O3. The molecule has 5 nitrogen and oxygen atoms in total. The van der Waals surface area contributed by atoms with Gasteiger partial charge >= 0.3 is 5.97 Å². The normalized spacial score (nSPS) is 11.7. The van der Waals surface area contributed by atoms with Gasteiger partial charge in [-0.15, -0.1) is 0 Å². The number of H-pyrrole nitrogens is 1. The Morgan fingerprint density at radius 2 is 2.25 bits per heavy atom. The third kappa shape index (κ3) is 3.19. The number of carbonyl (C=O) groups excluding carboxylic acids is 1. The van der Waals surface area contributed by atoms with E-state index in [4.69, 9.17) is 9.57 Å². The Kier molecular flexibility index (Phi) is 4.79. The monoisotopic (exact) mass is 338 g/mol. The maximum atomic E-state index is 11.8. The van der Waals surface area contributed by atoms with Crippen LogP contribution in [0.1, 0.15) is 12.5 Å². The maximum Gasteiger partial charge on any atom is 0.356 e. The molecule has 1 aromatic heterocycles. The number of hydrogen-bond acceptors (Lipinski definition) is 4. The largest absolute Gasteiger partial charge is 0.461 e. The van der Waals surface area contributed by atoms with Gasteiger partial charge in [0.05, 0.1) is 6.61 Å². The summed E-state index contributed by atoms with van der Waals surface area (Å²) in [5.74, 6) is -0.460. The molecule has 106 valence electrons. The Balaban J connectivity index is 2.31. The van der Waals surface area contributed by atoms with E-state index in [1.807, 2.05) is 24.4 Å². The Labute approximate surface area is 125 Å². The van der Waals surface area contributed by atoms with E-state index in [1.165, 1.54) is 7.11 Å². The van der Waals surface area contributed by atoms with E-state index in [0.29, 0.717) is 13.0 Å². The Morgan fingerprint density at radius 1 is 1.45 bits per heavy atom. The van der Waals surface area contributed by atoms with Crippen LogP contribution in [-0.4, -0.2) is 30.4 Å². The summed E-state index contributed by atoms with van der Waals surface area (Å²) in [4.78, 5) is 19.7. The van der Waals surface area contributed by atoms with E-state index in [2.05, 4.69) is 26.1 Å². The molecule has 0 aliphatic rings. The molecule has 0 aliphatic carbocycles. The molecule has 6 heteroatoms. The molecule has 2 aromatic rings. The number of oxime groups is 1. The van der Waals surface area contributed by atoms with Crippen molar-refractivity contribution in [2.24, 2.45) is 5.16 Å². The van der Waals surface area contributed by atoms with Crippen LogP contribution in [0.25, 0.3) is 10.9 Å². The molecule has 0 saturated heterocycles. The quantitative estimate of drug-likeness (QED) is 0.517. The summed E-state index contributed by atoms with van der Waals surface area (Å²) in [5.41, 5.74) is 2.21. The second-order valence-corrected chi connectivity index (χ2v) is 5.04. The average Bonchev–Trinajstić information content (AvgIpc) is 2.81. The van der Waals surface area contributed by atoms with E-state index < -0.39 is 5.97 Å². The van der Waals surface area contributed by atoms with Crippen molar-refractivity contribution in [3.8, 4) is 0 Å². The molecule has 0 amide bonds. The van der Waals surface area contributed by atoms with Crippen molar-refractivity contribution in [2.45, 2.75) is 13.3 Å². The van der Waals surface area contributed by atoms with Crippen LogP contribution in [0, 0.1) is 0 Å². The molecule has 0 atom stereocenters. The molecule has 0 aliphatic heterocycles. The van der Waals surface area contributed by atoms with Gasteiger partial charge in [0.2, 0.25) is 0 Å². The number of fused-ring (bicyclic) bond motifs is 1. The Bertz CT molecular complexity index is 649. The second kappa shape index (κ2) is 6.56. The fourth-order valence-corrected chi connectivity index (χ4v) is 2.30. The first kappa shape index (κ1) is 14.6. The molecule has 20 heavy (non-hydrogen) atoms. The van der Waals surface area contributed by atoms with Crippen LogP contribution in [0.2, 0.25) is 0 Å². The summed E-state index contributed by atoms with van der Waals surface area (Å²) < 4.78 is 5.95. The molecule has 0 saturated carbocycles. The van der Waals surface area contributed by atoms with E-state index in [-0.39, 0.29) is 5.71 Å². The SMILES string of the molecule is CCOC(=O)/C(Cc1c[nH]c2ccc(Br)cc12)=N/OC. The predicted molar refractivity (Wildman–Crippen MR) is 80.8 cm³/mol. The molecule has 1 N–H and O–H groups in total. The number of esters is 1. The first-order chi connectivity index (χ1) is 9.65. The molecule has 1 aromatic carbocycles. The third-order valence-corrected chi connectivity index (χ3v) is 3.29. The number of carbonyl (C=O) groups is 1. The molecule has 0 fully saturated rings. The zero-order valence-corrected chi connectivity index (χ0v) is 12.9. The first-order valence-corrected chi connectivity index (χ1v) is 6.97. The zero-order valence-electron chi connectivity index (χ0n) is 11.3. The highest BCUT2D eigenvalue weighted by molar-refractivity contribution is 9.10. The smallest absolute Gasteiger partial charge is 0.356 e. The molecular weight excluding hydrogens is 324 g/mol. The molecule has 0 radical (unpaired) electrons. The second-order valence-electron chi connectivity index (χ2n) is 4.12. The van der Waals surface area contributed by atoms with Crippen molar-refractivity contribution in [3.63, 3.8) is 0 Å². The number of nitrogens with one attached hydrogen (secondary N) is 1. The van der Waals surface area contributed by atoms with Crippen LogP contribution in [0.15, 0.2) is 34.0 Å². The fourth-order valence-electron chi connectivity index (χ4n) is 1.94. The Hall–Kier alpha value is -1.82. The van der Waals surface area contributed by atoms with Gasteiger partial charge in [0, 0.05) is 28.0 Å². The van der Waals surface area contributed by atoms with E-state index >= 15 is 0 Å². The van der Waals surface area contributed by atoms with Crippen LogP contribution in [0.4, 0.5) is 0 Å². The summed E-state index contributed by atoms with van der Waals surface area (Å²) in [6, 6.07) is 5.93. The number of rotatable bonds is 5. The van der Waals surface area contributed by atoms with Gasteiger partial charge in [-0.2, -0.15) is 0 Å².